The number of amides is 1. The van der Waals surface area contributed by atoms with Gasteiger partial charge in [0.2, 0.25) is 0 Å². The highest BCUT2D eigenvalue weighted by Gasteiger charge is 2.36. The third-order valence-electron chi connectivity index (χ3n) is 2.90. The lowest BCUT2D eigenvalue weighted by atomic mass is 9.80. The van der Waals surface area contributed by atoms with Crippen molar-refractivity contribution in [1.82, 2.24) is 4.90 Å². The van der Waals surface area contributed by atoms with Gasteiger partial charge in [-0.15, -0.1) is 0 Å². The van der Waals surface area contributed by atoms with Crippen molar-refractivity contribution in [3.8, 4) is 0 Å². The lowest BCUT2D eigenvalue weighted by Gasteiger charge is -2.33. The number of aliphatic hydroxyl groups is 1. The molecular formula is C11H18N2O2. The number of likely N-dealkylation sites (N-methyl/N-ethyl adjacent to an activating group) is 1. The number of aliphatic hydroxyl groups excluding tert-OH is 1. The summed E-state index contributed by atoms with van der Waals surface area (Å²) in [5, 5.41) is 9.94. The van der Waals surface area contributed by atoms with Gasteiger partial charge in [0.1, 0.15) is 5.76 Å². The molecule has 0 spiro atoms. The zero-order chi connectivity index (χ0) is 11.8. The van der Waals surface area contributed by atoms with Gasteiger partial charge in [0, 0.05) is 14.1 Å². The summed E-state index contributed by atoms with van der Waals surface area (Å²) >= 11 is 0. The predicted octanol–water partition coefficient (Wildman–Crippen LogP) is 0.810. The molecule has 2 unspecified atom stereocenters. The van der Waals surface area contributed by atoms with Crippen LogP contribution in [0, 0.1) is 5.92 Å². The Hall–Kier alpha value is -1.29. The fraction of sp³-hybridized carbons (Fsp3) is 0.545. The summed E-state index contributed by atoms with van der Waals surface area (Å²) in [5.74, 6) is -0.250. The summed E-state index contributed by atoms with van der Waals surface area (Å²) in [7, 11) is 3.28. The first-order valence-corrected chi connectivity index (χ1v) is 4.91. The van der Waals surface area contributed by atoms with E-state index in [1.165, 1.54) is 4.90 Å². The average Bonchev–Trinajstić information content (AvgIpc) is 2.14. The Morgan fingerprint density at radius 3 is 2.60 bits per heavy atom. The van der Waals surface area contributed by atoms with Crippen molar-refractivity contribution in [1.29, 1.82) is 0 Å². The van der Waals surface area contributed by atoms with E-state index in [-0.39, 0.29) is 23.2 Å². The number of carbonyl (C=O) groups is 1. The molecule has 0 saturated carbocycles. The lowest BCUT2D eigenvalue weighted by Crippen LogP contribution is -2.47. The quantitative estimate of drug-likeness (QED) is 0.673. The molecule has 0 aromatic carbocycles. The molecule has 84 valence electrons. The highest BCUT2D eigenvalue weighted by Crippen LogP contribution is 2.30. The monoisotopic (exact) mass is 210 g/mol. The van der Waals surface area contributed by atoms with E-state index in [0.717, 1.165) is 0 Å². The Morgan fingerprint density at radius 1 is 1.60 bits per heavy atom. The van der Waals surface area contributed by atoms with Crippen LogP contribution in [0.2, 0.25) is 0 Å². The molecular weight excluding hydrogens is 192 g/mol. The molecule has 1 aliphatic carbocycles. The smallest absolute Gasteiger partial charge is 0.256 e. The van der Waals surface area contributed by atoms with E-state index in [9.17, 15) is 9.90 Å². The maximum absolute atomic E-state index is 11.7. The molecule has 0 radical (unpaired) electrons. The van der Waals surface area contributed by atoms with E-state index in [1.807, 2.05) is 13.0 Å². The second-order valence-corrected chi connectivity index (χ2v) is 4.39. The highest BCUT2D eigenvalue weighted by molar-refractivity contribution is 5.97. The summed E-state index contributed by atoms with van der Waals surface area (Å²) in [6.07, 6.45) is 3.48. The summed E-state index contributed by atoms with van der Waals surface area (Å²) < 4.78 is 0. The average molecular weight is 210 g/mol. The number of carbonyl (C=O) groups excluding carboxylic acids is 1. The molecule has 0 aliphatic heterocycles. The molecule has 0 aromatic heterocycles. The van der Waals surface area contributed by atoms with Gasteiger partial charge in [-0.1, -0.05) is 13.0 Å². The zero-order valence-electron chi connectivity index (χ0n) is 9.61. The van der Waals surface area contributed by atoms with Crippen LogP contribution in [0.25, 0.3) is 0 Å². The van der Waals surface area contributed by atoms with E-state index < -0.39 is 5.54 Å². The normalized spacial score (nSPS) is 30.6. The van der Waals surface area contributed by atoms with Crippen molar-refractivity contribution in [2.24, 2.45) is 11.7 Å². The van der Waals surface area contributed by atoms with Gasteiger partial charge >= 0.3 is 0 Å². The van der Waals surface area contributed by atoms with Gasteiger partial charge in [0.05, 0.1) is 11.1 Å². The Labute approximate surface area is 90.1 Å². The van der Waals surface area contributed by atoms with E-state index in [4.69, 9.17) is 5.73 Å². The maximum Gasteiger partial charge on any atom is 0.256 e. The standard InChI is InChI=1S/C11H18N2O2/c1-7-5-6-8(10(15)13(3)4)9(14)11(7,2)12/h5-7,14H,12H2,1-4H3. The van der Waals surface area contributed by atoms with Gasteiger partial charge in [-0.25, -0.2) is 0 Å². The van der Waals surface area contributed by atoms with E-state index in [2.05, 4.69) is 0 Å². The van der Waals surface area contributed by atoms with Gasteiger partial charge in [-0.05, 0) is 18.9 Å². The number of nitrogens with two attached hydrogens (primary N) is 1. The maximum atomic E-state index is 11.7. The molecule has 4 heteroatoms. The number of rotatable bonds is 1. The lowest BCUT2D eigenvalue weighted by molar-refractivity contribution is -0.124. The molecule has 1 aliphatic rings. The molecule has 1 amide bonds. The molecule has 0 fully saturated rings. The minimum absolute atomic E-state index is 0.0104. The number of hydrogen-bond donors (Lipinski definition) is 2. The molecule has 3 N–H and O–H groups in total. The van der Waals surface area contributed by atoms with Crippen LogP contribution in [0.5, 0.6) is 0 Å². The molecule has 0 saturated heterocycles. The van der Waals surface area contributed by atoms with Crippen LogP contribution in [0.15, 0.2) is 23.5 Å². The number of nitrogens with zero attached hydrogens (tertiary/aromatic N) is 1. The van der Waals surface area contributed by atoms with Gasteiger partial charge in [-0.2, -0.15) is 0 Å². The van der Waals surface area contributed by atoms with Crippen molar-refractivity contribution < 1.29 is 9.90 Å². The third-order valence-corrected chi connectivity index (χ3v) is 2.90. The number of hydrogen-bond acceptors (Lipinski definition) is 3. The van der Waals surface area contributed by atoms with E-state index in [1.54, 1.807) is 27.1 Å². The van der Waals surface area contributed by atoms with Crippen LogP contribution < -0.4 is 5.73 Å². The van der Waals surface area contributed by atoms with Crippen LogP contribution in [0.4, 0.5) is 0 Å². The molecule has 4 nitrogen and oxygen atoms in total. The van der Waals surface area contributed by atoms with Gasteiger partial charge in [0.25, 0.3) is 5.91 Å². The van der Waals surface area contributed by atoms with Crippen LogP contribution in [0.3, 0.4) is 0 Å². The van der Waals surface area contributed by atoms with Crippen LogP contribution in [0.1, 0.15) is 13.8 Å². The third kappa shape index (κ3) is 1.90. The Kier molecular flexibility index (Phi) is 2.90. The fourth-order valence-corrected chi connectivity index (χ4v) is 1.44. The topological polar surface area (TPSA) is 66.6 Å². The first kappa shape index (κ1) is 11.8. The van der Waals surface area contributed by atoms with Gasteiger partial charge in [0.15, 0.2) is 0 Å². The fourth-order valence-electron chi connectivity index (χ4n) is 1.44. The van der Waals surface area contributed by atoms with Crippen molar-refractivity contribution in [3.63, 3.8) is 0 Å². The van der Waals surface area contributed by atoms with E-state index >= 15 is 0 Å². The molecule has 15 heavy (non-hydrogen) atoms. The molecule has 0 heterocycles. The largest absolute Gasteiger partial charge is 0.510 e. The molecule has 2 atom stereocenters. The Balaban J connectivity index is 3.15. The Morgan fingerprint density at radius 2 is 2.13 bits per heavy atom. The van der Waals surface area contributed by atoms with Crippen LogP contribution in [-0.4, -0.2) is 35.5 Å². The van der Waals surface area contributed by atoms with Crippen molar-refractivity contribution in [2.45, 2.75) is 19.4 Å². The predicted molar refractivity (Wildman–Crippen MR) is 59.2 cm³/mol. The first-order chi connectivity index (χ1) is 6.78. The summed E-state index contributed by atoms with van der Waals surface area (Å²) in [4.78, 5) is 13.1. The SMILES string of the molecule is CC1C=CC(C(=O)N(C)C)=C(O)C1(C)N. The minimum atomic E-state index is -0.865. The first-order valence-electron chi connectivity index (χ1n) is 4.91. The second-order valence-electron chi connectivity index (χ2n) is 4.39. The zero-order valence-corrected chi connectivity index (χ0v) is 9.61. The molecule has 0 bridgehead atoms. The molecule has 0 aromatic rings. The summed E-state index contributed by atoms with van der Waals surface area (Å²) in [6, 6.07) is 0. The van der Waals surface area contributed by atoms with E-state index in [0.29, 0.717) is 0 Å². The van der Waals surface area contributed by atoms with Gasteiger partial charge < -0.3 is 15.7 Å². The summed E-state index contributed by atoms with van der Waals surface area (Å²) in [6.45, 7) is 3.63. The summed E-state index contributed by atoms with van der Waals surface area (Å²) in [5.41, 5.74) is 5.38. The highest BCUT2D eigenvalue weighted by atomic mass is 16.3. The van der Waals surface area contributed by atoms with Crippen LogP contribution >= 0.6 is 0 Å². The van der Waals surface area contributed by atoms with Crippen molar-refractivity contribution in [2.75, 3.05) is 14.1 Å². The minimum Gasteiger partial charge on any atom is -0.510 e. The van der Waals surface area contributed by atoms with Crippen molar-refractivity contribution >= 4 is 5.91 Å². The van der Waals surface area contributed by atoms with Crippen molar-refractivity contribution in [3.05, 3.63) is 23.5 Å². The Bertz CT molecular complexity index is 340. The van der Waals surface area contributed by atoms with Crippen LogP contribution in [-0.2, 0) is 4.79 Å². The molecule has 1 rings (SSSR count). The van der Waals surface area contributed by atoms with Gasteiger partial charge in [-0.3, -0.25) is 4.79 Å². The second kappa shape index (κ2) is 3.70.